The Morgan fingerprint density at radius 3 is 3.14 bits per heavy atom. The normalized spacial score (nSPS) is 19.0. The van der Waals surface area contributed by atoms with Gasteiger partial charge in [0.15, 0.2) is 0 Å². The number of rotatable bonds is 5. The standard InChI is InChI=1S/C16H21N3O2/c17-10-13-3-1-5-15(9-13)16(21)18-6-8-19-7-2-4-14(11-19)12-20/h1,3,5,9,14,20H,2,4,6-8,11-12H2,(H,18,21). The van der Waals surface area contributed by atoms with E-state index in [4.69, 9.17) is 5.26 Å². The maximum Gasteiger partial charge on any atom is 0.251 e. The SMILES string of the molecule is N#Cc1cccc(C(=O)NCCN2CCCC(CO)C2)c1. The fourth-order valence-electron chi connectivity index (χ4n) is 2.66. The Labute approximate surface area is 125 Å². The zero-order valence-corrected chi connectivity index (χ0v) is 12.1. The second-order valence-corrected chi connectivity index (χ2v) is 5.44. The van der Waals surface area contributed by atoms with Crippen LogP contribution in [0.3, 0.4) is 0 Å². The van der Waals surface area contributed by atoms with E-state index in [-0.39, 0.29) is 12.5 Å². The summed E-state index contributed by atoms with van der Waals surface area (Å²) in [6.45, 7) is 3.53. The molecule has 5 heteroatoms. The molecule has 1 aromatic rings. The summed E-state index contributed by atoms with van der Waals surface area (Å²) in [7, 11) is 0. The molecular formula is C16H21N3O2. The van der Waals surface area contributed by atoms with Gasteiger partial charge in [-0.1, -0.05) is 6.07 Å². The highest BCUT2D eigenvalue weighted by atomic mass is 16.3. The molecule has 1 saturated heterocycles. The molecule has 112 valence electrons. The fourth-order valence-corrected chi connectivity index (χ4v) is 2.66. The Hall–Kier alpha value is -1.90. The highest BCUT2D eigenvalue weighted by Gasteiger charge is 2.18. The van der Waals surface area contributed by atoms with Crippen molar-refractivity contribution in [3.8, 4) is 6.07 Å². The van der Waals surface area contributed by atoms with E-state index >= 15 is 0 Å². The van der Waals surface area contributed by atoms with E-state index < -0.39 is 0 Å². The Bertz CT molecular complexity index is 524. The number of likely N-dealkylation sites (tertiary alicyclic amines) is 1. The molecular weight excluding hydrogens is 266 g/mol. The van der Waals surface area contributed by atoms with Crippen molar-refractivity contribution in [1.29, 1.82) is 5.26 Å². The molecule has 0 radical (unpaired) electrons. The molecule has 0 aliphatic carbocycles. The molecule has 0 spiro atoms. The first-order valence-corrected chi connectivity index (χ1v) is 7.34. The number of carbonyl (C=O) groups excluding carboxylic acids is 1. The lowest BCUT2D eigenvalue weighted by atomic mass is 9.99. The summed E-state index contributed by atoms with van der Waals surface area (Å²) < 4.78 is 0. The summed E-state index contributed by atoms with van der Waals surface area (Å²) in [5.74, 6) is 0.213. The first-order valence-electron chi connectivity index (χ1n) is 7.34. The molecule has 1 fully saturated rings. The van der Waals surface area contributed by atoms with E-state index in [1.54, 1.807) is 24.3 Å². The van der Waals surface area contributed by atoms with E-state index in [1.165, 1.54) is 0 Å². The van der Waals surface area contributed by atoms with E-state index in [0.29, 0.717) is 23.6 Å². The highest BCUT2D eigenvalue weighted by Crippen LogP contribution is 2.14. The molecule has 0 aromatic heterocycles. The van der Waals surface area contributed by atoms with Gasteiger partial charge < -0.3 is 15.3 Å². The van der Waals surface area contributed by atoms with Gasteiger partial charge in [0.2, 0.25) is 0 Å². The summed E-state index contributed by atoms with van der Waals surface area (Å²) in [6, 6.07) is 8.72. The van der Waals surface area contributed by atoms with Crippen LogP contribution in [0.1, 0.15) is 28.8 Å². The van der Waals surface area contributed by atoms with Crippen molar-refractivity contribution in [2.45, 2.75) is 12.8 Å². The molecule has 0 bridgehead atoms. The van der Waals surface area contributed by atoms with Crippen LogP contribution in [0.15, 0.2) is 24.3 Å². The fraction of sp³-hybridized carbons (Fsp3) is 0.500. The Morgan fingerprint density at radius 1 is 1.52 bits per heavy atom. The van der Waals surface area contributed by atoms with Crippen molar-refractivity contribution in [2.75, 3.05) is 32.8 Å². The van der Waals surface area contributed by atoms with Gasteiger partial charge in [-0.05, 0) is 43.5 Å². The molecule has 5 nitrogen and oxygen atoms in total. The lowest BCUT2D eigenvalue weighted by Gasteiger charge is -2.31. The van der Waals surface area contributed by atoms with Gasteiger partial charge in [-0.15, -0.1) is 0 Å². The number of hydrogen-bond donors (Lipinski definition) is 2. The van der Waals surface area contributed by atoms with Crippen molar-refractivity contribution < 1.29 is 9.90 Å². The van der Waals surface area contributed by atoms with E-state index in [1.807, 2.05) is 6.07 Å². The molecule has 1 atom stereocenters. The lowest BCUT2D eigenvalue weighted by molar-refractivity contribution is 0.0930. The van der Waals surface area contributed by atoms with Crippen LogP contribution in [0.25, 0.3) is 0 Å². The molecule has 1 aromatic carbocycles. The maximum absolute atomic E-state index is 12.0. The number of hydrogen-bond acceptors (Lipinski definition) is 4. The third-order valence-corrected chi connectivity index (χ3v) is 3.83. The van der Waals surface area contributed by atoms with E-state index in [0.717, 1.165) is 32.5 Å². The summed E-state index contributed by atoms with van der Waals surface area (Å²) in [5.41, 5.74) is 1.00. The summed E-state index contributed by atoms with van der Waals surface area (Å²) in [6.07, 6.45) is 2.18. The van der Waals surface area contributed by atoms with Crippen LogP contribution in [0.2, 0.25) is 0 Å². The average Bonchev–Trinajstić information content (AvgIpc) is 2.55. The molecule has 1 heterocycles. The van der Waals surface area contributed by atoms with Gasteiger partial charge in [0.25, 0.3) is 5.91 Å². The van der Waals surface area contributed by atoms with Gasteiger partial charge >= 0.3 is 0 Å². The first-order chi connectivity index (χ1) is 10.2. The van der Waals surface area contributed by atoms with Crippen LogP contribution in [-0.4, -0.2) is 48.7 Å². The average molecular weight is 287 g/mol. The number of piperidine rings is 1. The lowest BCUT2D eigenvalue weighted by Crippen LogP contribution is -2.41. The van der Waals surface area contributed by atoms with Crippen molar-refractivity contribution in [3.63, 3.8) is 0 Å². The summed E-state index contributed by atoms with van der Waals surface area (Å²) in [4.78, 5) is 14.3. The second-order valence-electron chi connectivity index (χ2n) is 5.44. The van der Waals surface area contributed by atoms with Crippen LogP contribution >= 0.6 is 0 Å². The summed E-state index contributed by atoms with van der Waals surface area (Å²) in [5, 5.41) is 20.9. The first kappa shape index (κ1) is 15.5. The molecule has 21 heavy (non-hydrogen) atoms. The molecule has 2 N–H and O–H groups in total. The minimum atomic E-state index is -0.150. The second kappa shape index (κ2) is 7.77. The van der Waals surface area contributed by atoms with E-state index in [2.05, 4.69) is 10.2 Å². The molecule has 1 amide bonds. The number of nitrogens with one attached hydrogen (secondary N) is 1. The van der Waals surface area contributed by atoms with Gasteiger partial charge in [0.05, 0.1) is 11.6 Å². The monoisotopic (exact) mass is 287 g/mol. The van der Waals surface area contributed by atoms with Gasteiger partial charge in [-0.2, -0.15) is 5.26 Å². The molecule has 1 aliphatic rings. The van der Waals surface area contributed by atoms with Crippen LogP contribution < -0.4 is 5.32 Å². The van der Waals surface area contributed by atoms with Gasteiger partial charge in [-0.25, -0.2) is 0 Å². The third-order valence-electron chi connectivity index (χ3n) is 3.83. The van der Waals surface area contributed by atoms with E-state index in [9.17, 15) is 9.90 Å². The molecule has 2 rings (SSSR count). The smallest absolute Gasteiger partial charge is 0.251 e. The van der Waals surface area contributed by atoms with Crippen molar-refractivity contribution in [3.05, 3.63) is 35.4 Å². The predicted octanol–water partition coefficient (Wildman–Crippen LogP) is 0.992. The largest absolute Gasteiger partial charge is 0.396 e. The van der Waals surface area contributed by atoms with Crippen LogP contribution in [-0.2, 0) is 0 Å². The predicted molar refractivity (Wildman–Crippen MR) is 79.7 cm³/mol. The summed E-state index contributed by atoms with van der Waals surface area (Å²) >= 11 is 0. The van der Waals surface area contributed by atoms with Crippen molar-refractivity contribution in [2.24, 2.45) is 5.92 Å². The van der Waals surface area contributed by atoms with Gasteiger partial charge in [0, 0.05) is 31.8 Å². The Kier molecular flexibility index (Phi) is 5.73. The van der Waals surface area contributed by atoms with Crippen molar-refractivity contribution in [1.82, 2.24) is 10.2 Å². The minimum absolute atomic E-state index is 0.150. The number of nitrogens with zero attached hydrogens (tertiary/aromatic N) is 2. The number of amides is 1. The topological polar surface area (TPSA) is 76.4 Å². The number of aliphatic hydroxyl groups excluding tert-OH is 1. The minimum Gasteiger partial charge on any atom is -0.396 e. The van der Waals surface area contributed by atoms with Crippen LogP contribution in [0, 0.1) is 17.2 Å². The number of carbonyl (C=O) groups is 1. The Balaban J connectivity index is 1.77. The number of aliphatic hydroxyl groups is 1. The molecule has 0 saturated carbocycles. The highest BCUT2D eigenvalue weighted by molar-refractivity contribution is 5.94. The Morgan fingerprint density at radius 2 is 2.38 bits per heavy atom. The zero-order valence-electron chi connectivity index (χ0n) is 12.1. The third kappa shape index (κ3) is 4.55. The number of nitriles is 1. The van der Waals surface area contributed by atoms with Gasteiger partial charge in [0.1, 0.15) is 0 Å². The zero-order chi connectivity index (χ0) is 15.1. The quantitative estimate of drug-likeness (QED) is 0.847. The molecule has 1 aliphatic heterocycles. The molecule has 1 unspecified atom stereocenters. The van der Waals surface area contributed by atoms with Crippen molar-refractivity contribution >= 4 is 5.91 Å². The van der Waals surface area contributed by atoms with Crippen LogP contribution in [0.4, 0.5) is 0 Å². The number of benzene rings is 1. The van der Waals surface area contributed by atoms with Gasteiger partial charge in [-0.3, -0.25) is 4.79 Å². The van der Waals surface area contributed by atoms with Crippen LogP contribution in [0.5, 0.6) is 0 Å². The maximum atomic E-state index is 12.0.